The topological polar surface area (TPSA) is 98.2 Å². The van der Waals surface area contributed by atoms with Crippen LogP contribution in [0.4, 0.5) is 11.4 Å². The Morgan fingerprint density at radius 3 is 2.61 bits per heavy atom. The summed E-state index contributed by atoms with van der Waals surface area (Å²) >= 11 is 0. The lowest BCUT2D eigenvalue weighted by Crippen LogP contribution is -2.19. The van der Waals surface area contributed by atoms with Crippen LogP contribution in [-0.4, -0.2) is 14.5 Å². The van der Waals surface area contributed by atoms with Crippen LogP contribution in [-0.2, 0) is 10.0 Å². The first-order valence-corrected chi connectivity index (χ1v) is 7.60. The number of para-hydroxylation sites is 1. The molecule has 1 aliphatic carbocycles. The van der Waals surface area contributed by atoms with E-state index >= 15 is 0 Å². The molecule has 1 aromatic carbocycles. The summed E-state index contributed by atoms with van der Waals surface area (Å²) in [6.45, 7) is 2.21. The monoisotopic (exact) mass is 269 g/mol. The number of nitrogens with one attached hydrogen (secondary N) is 1. The number of hydrogen-bond acceptors (Lipinski definition) is 4. The molecule has 1 fully saturated rings. The molecule has 5 nitrogen and oxygen atoms in total. The number of anilines is 2. The van der Waals surface area contributed by atoms with E-state index in [4.69, 9.17) is 10.9 Å². The minimum atomic E-state index is -3.77. The normalized spacial score (nSPS) is 24.1. The Morgan fingerprint density at radius 2 is 2.06 bits per heavy atom. The maximum atomic E-state index is 11.4. The summed E-state index contributed by atoms with van der Waals surface area (Å²) in [5.41, 5.74) is 6.72. The highest BCUT2D eigenvalue weighted by atomic mass is 32.2. The van der Waals surface area contributed by atoms with Gasteiger partial charge in [0, 0.05) is 6.04 Å². The Kier molecular flexibility index (Phi) is 3.49. The third-order valence-electron chi connectivity index (χ3n) is 3.43. The number of nitrogen functional groups attached to an aromatic ring is 1. The van der Waals surface area contributed by atoms with Crippen molar-refractivity contribution in [1.82, 2.24) is 0 Å². The van der Waals surface area contributed by atoms with Crippen LogP contribution < -0.4 is 16.2 Å². The fraction of sp³-hybridized carbons (Fsp3) is 0.500. The standard InChI is InChI=1S/C12H19N3O2S/c1-8-5-6-9(7-8)15-10-3-2-4-11(12(10)13)18(14,16)17/h2-4,8-9,15H,5-7,13H2,1H3,(H2,14,16,17). The van der Waals surface area contributed by atoms with Gasteiger partial charge in [0.05, 0.1) is 11.4 Å². The Balaban J connectivity index is 2.24. The first kappa shape index (κ1) is 13.2. The molecule has 0 saturated heterocycles. The van der Waals surface area contributed by atoms with E-state index in [1.54, 1.807) is 12.1 Å². The molecular formula is C12H19N3O2S. The number of primary sulfonamides is 1. The van der Waals surface area contributed by atoms with Crippen LogP contribution in [0, 0.1) is 5.92 Å². The molecule has 0 heterocycles. The maximum Gasteiger partial charge on any atom is 0.240 e. The summed E-state index contributed by atoms with van der Waals surface area (Å²) in [7, 11) is -3.77. The van der Waals surface area contributed by atoms with Gasteiger partial charge >= 0.3 is 0 Å². The third-order valence-corrected chi connectivity index (χ3v) is 4.40. The van der Waals surface area contributed by atoms with E-state index in [0.717, 1.165) is 12.8 Å². The van der Waals surface area contributed by atoms with E-state index in [9.17, 15) is 8.42 Å². The summed E-state index contributed by atoms with van der Waals surface area (Å²) in [6, 6.07) is 5.22. The Bertz CT molecular complexity index is 542. The highest BCUT2D eigenvalue weighted by molar-refractivity contribution is 7.89. The average molecular weight is 269 g/mol. The van der Waals surface area contributed by atoms with Gasteiger partial charge in [0.25, 0.3) is 0 Å². The molecule has 1 saturated carbocycles. The van der Waals surface area contributed by atoms with Crippen LogP contribution in [0.5, 0.6) is 0 Å². The van der Waals surface area contributed by atoms with Crippen molar-refractivity contribution in [2.75, 3.05) is 11.1 Å². The van der Waals surface area contributed by atoms with Gasteiger partial charge in [-0.25, -0.2) is 13.6 Å². The number of rotatable bonds is 3. The van der Waals surface area contributed by atoms with E-state index in [0.29, 0.717) is 17.6 Å². The smallest absolute Gasteiger partial charge is 0.240 e. The Labute approximate surface area is 108 Å². The molecule has 5 N–H and O–H groups in total. The van der Waals surface area contributed by atoms with Gasteiger partial charge in [-0.2, -0.15) is 0 Å². The minimum Gasteiger partial charge on any atom is -0.396 e. The van der Waals surface area contributed by atoms with E-state index < -0.39 is 10.0 Å². The molecule has 1 aromatic rings. The zero-order valence-electron chi connectivity index (χ0n) is 10.4. The van der Waals surface area contributed by atoms with Crippen LogP contribution in [0.25, 0.3) is 0 Å². The van der Waals surface area contributed by atoms with Crippen molar-refractivity contribution in [3.05, 3.63) is 18.2 Å². The van der Waals surface area contributed by atoms with Gasteiger partial charge in [-0.15, -0.1) is 0 Å². The SMILES string of the molecule is CC1CCC(Nc2cccc(S(N)(=O)=O)c2N)C1. The van der Waals surface area contributed by atoms with Crippen LogP contribution in [0.1, 0.15) is 26.2 Å². The quantitative estimate of drug-likeness (QED) is 0.724. The summed E-state index contributed by atoms with van der Waals surface area (Å²) in [5.74, 6) is 0.699. The molecule has 18 heavy (non-hydrogen) atoms. The fourth-order valence-electron chi connectivity index (χ4n) is 2.48. The molecule has 0 radical (unpaired) electrons. The molecule has 100 valence electrons. The zero-order valence-corrected chi connectivity index (χ0v) is 11.2. The molecule has 0 aromatic heterocycles. The van der Waals surface area contributed by atoms with Crippen LogP contribution in [0.2, 0.25) is 0 Å². The molecule has 2 rings (SSSR count). The second-order valence-electron chi connectivity index (χ2n) is 5.02. The Hall–Kier alpha value is -1.27. The summed E-state index contributed by atoms with van der Waals surface area (Å²) < 4.78 is 22.7. The maximum absolute atomic E-state index is 11.4. The van der Waals surface area contributed by atoms with Gasteiger partial charge in [0.15, 0.2) is 0 Å². The summed E-state index contributed by atoms with van der Waals surface area (Å²) in [4.78, 5) is -0.0152. The first-order chi connectivity index (χ1) is 8.38. The van der Waals surface area contributed by atoms with Crippen molar-refractivity contribution < 1.29 is 8.42 Å². The highest BCUT2D eigenvalue weighted by Crippen LogP contribution is 2.31. The first-order valence-electron chi connectivity index (χ1n) is 6.05. The lowest BCUT2D eigenvalue weighted by molar-refractivity contribution is 0.597. The molecule has 1 aliphatic rings. The van der Waals surface area contributed by atoms with Crippen molar-refractivity contribution >= 4 is 21.4 Å². The molecule has 0 spiro atoms. The second kappa shape index (κ2) is 4.78. The molecule has 2 atom stereocenters. The van der Waals surface area contributed by atoms with Crippen molar-refractivity contribution in [2.24, 2.45) is 11.1 Å². The van der Waals surface area contributed by atoms with Crippen LogP contribution in [0.15, 0.2) is 23.1 Å². The van der Waals surface area contributed by atoms with Gasteiger partial charge in [-0.1, -0.05) is 13.0 Å². The van der Waals surface area contributed by atoms with Gasteiger partial charge < -0.3 is 11.1 Å². The van der Waals surface area contributed by atoms with E-state index in [-0.39, 0.29) is 10.6 Å². The number of benzene rings is 1. The van der Waals surface area contributed by atoms with Gasteiger partial charge in [-0.05, 0) is 37.3 Å². The molecule has 6 heteroatoms. The lowest BCUT2D eigenvalue weighted by Gasteiger charge is -2.17. The number of nitrogens with two attached hydrogens (primary N) is 2. The highest BCUT2D eigenvalue weighted by Gasteiger charge is 2.22. The zero-order chi connectivity index (χ0) is 13.3. The van der Waals surface area contributed by atoms with Crippen molar-refractivity contribution in [3.63, 3.8) is 0 Å². The summed E-state index contributed by atoms with van der Waals surface area (Å²) in [5, 5.41) is 8.43. The van der Waals surface area contributed by atoms with Gasteiger partial charge in [0.2, 0.25) is 10.0 Å². The molecular weight excluding hydrogens is 250 g/mol. The molecule has 2 unspecified atom stereocenters. The fourth-order valence-corrected chi connectivity index (χ4v) is 3.16. The van der Waals surface area contributed by atoms with E-state index in [1.807, 2.05) is 0 Å². The van der Waals surface area contributed by atoms with E-state index in [2.05, 4.69) is 12.2 Å². The van der Waals surface area contributed by atoms with Crippen molar-refractivity contribution in [1.29, 1.82) is 0 Å². The molecule has 0 aliphatic heterocycles. The van der Waals surface area contributed by atoms with Crippen molar-refractivity contribution in [3.8, 4) is 0 Å². The average Bonchev–Trinajstić information content (AvgIpc) is 2.65. The molecule has 0 amide bonds. The number of hydrogen-bond donors (Lipinski definition) is 3. The largest absolute Gasteiger partial charge is 0.396 e. The Morgan fingerprint density at radius 1 is 1.33 bits per heavy atom. The molecule has 0 bridgehead atoms. The predicted octanol–water partition coefficient (Wildman–Crippen LogP) is 1.52. The van der Waals surface area contributed by atoms with Gasteiger partial charge in [-0.3, -0.25) is 0 Å². The van der Waals surface area contributed by atoms with Crippen molar-refractivity contribution in [2.45, 2.75) is 37.1 Å². The van der Waals surface area contributed by atoms with Crippen LogP contribution >= 0.6 is 0 Å². The number of sulfonamides is 1. The predicted molar refractivity (Wildman–Crippen MR) is 72.7 cm³/mol. The lowest BCUT2D eigenvalue weighted by atomic mass is 10.1. The summed E-state index contributed by atoms with van der Waals surface area (Å²) in [6.07, 6.45) is 3.35. The van der Waals surface area contributed by atoms with Crippen LogP contribution in [0.3, 0.4) is 0 Å². The minimum absolute atomic E-state index is 0.0152. The van der Waals surface area contributed by atoms with Gasteiger partial charge in [0.1, 0.15) is 4.90 Å². The van der Waals surface area contributed by atoms with E-state index in [1.165, 1.54) is 12.5 Å². The second-order valence-corrected chi connectivity index (χ2v) is 6.55. The third kappa shape index (κ3) is 2.76.